The molecule has 1 atom stereocenters. The summed E-state index contributed by atoms with van der Waals surface area (Å²) in [5.41, 5.74) is 5.57. The van der Waals surface area contributed by atoms with Gasteiger partial charge in [-0.15, -0.1) is 0 Å². The van der Waals surface area contributed by atoms with Crippen molar-refractivity contribution >= 4 is 11.8 Å². The first-order valence-corrected chi connectivity index (χ1v) is 5.84. The molecule has 0 aliphatic carbocycles. The molecule has 1 aromatic heterocycles. The Balaban J connectivity index is 1.91. The molecule has 1 aliphatic heterocycles. The van der Waals surface area contributed by atoms with E-state index in [1.54, 1.807) is 13.1 Å². The molecular formula is C11H18N4O2. The monoisotopic (exact) mass is 238 g/mol. The highest BCUT2D eigenvalue weighted by atomic mass is 16.5. The van der Waals surface area contributed by atoms with Crippen LogP contribution in [0.2, 0.25) is 0 Å². The molecule has 0 aromatic carbocycles. The molecule has 17 heavy (non-hydrogen) atoms. The predicted octanol–water partition coefficient (Wildman–Crippen LogP) is 1.05. The van der Waals surface area contributed by atoms with Crippen molar-refractivity contribution in [1.29, 1.82) is 0 Å². The minimum atomic E-state index is 0.165. The molecule has 94 valence electrons. The minimum Gasteiger partial charge on any atom is -0.475 e. The van der Waals surface area contributed by atoms with Crippen LogP contribution in [0.25, 0.3) is 0 Å². The molecule has 1 fully saturated rings. The molecule has 2 heterocycles. The summed E-state index contributed by atoms with van der Waals surface area (Å²) in [6.45, 7) is 1.33. The van der Waals surface area contributed by atoms with Crippen LogP contribution in [0.3, 0.4) is 0 Å². The Kier molecular flexibility index (Phi) is 3.98. The summed E-state index contributed by atoms with van der Waals surface area (Å²) >= 11 is 0. The molecule has 1 unspecified atom stereocenters. The second kappa shape index (κ2) is 5.67. The zero-order valence-electron chi connectivity index (χ0n) is 9.98. The number of aromatic nitrogens is 2. The van der Waals surface area contributed by atoms with Crippen LogP contribution in [-0.2, 0) is 4.74 Å². The molecule has 0 bridgehead atoms. The molecule has 6 heteroatoms. The van der Waals surface area contributed by atoms with Gasteiger partial charge in [0, 0.05) is 19.7 Å². The van der Waals surface area contributed by atoms with E-state index < -0.39 is 0 Å². The number of rotatable bonds is 4. The first-order valence-electron chi connectivity index (χ1n) is 5.84. The lowest BCUT2D eigenvalue weighted by Gasteiger charge is -2.22. The third-order valence-electron chi connectivity index (χ3n) is 2.67. The summed E-state index contributed by atoms with van der Waals surface area (Å²) in [7, 11) is 1.77. The van der Waals surface area contributed by atoms with Crippen LogP contribution in [0.4, 0.5) is 11.8 Å². The van der Waals surface area contributed by atoms with E-state index in [1.165, 1.54) is 6.42 Å². The van der Waals surface area contributed by atoms with Gasteiger partial charge in [0.05, 0.1) is 6.10 Å². The Labute approximate surface area is 101 Å². The molecular weight excluding hydrogens is 220 g/mol. The fourth-order valence-electron chi connectivity index (χ4n) is 1.76. The van der Waals surface area contributed by atoms with Crippen LogP contribution in [0, 0.1) is 0 Å². The van der Waals surface area contributed by atoms with Crippen molar-refractivity contribution in [3.63, 3.8) is 0 Å². The zero-order valence-corrected chi connectivity index (χ0v) is 9.98. The highest BCUT2D eigenvalue weighted by molar-refractivity contribution is 5.42. The molecule has 1 aliphatic rings. The number of hydrogen-bond acceptors (Lipinski definition) is 6. The highest BCUT2D eigenvalue weighted by Gasteiger charge is 2.15. The molecule has 2 rings (SSSR count). The van der Waals surface area contributed by atoms with E-state index in [0.29, 0.717) is 18.3 Å². The van der Waals surface area contributed by atoms with Crippen LogP contribution >= 0.6 is 0 Å². The second-order valence-electron chi connectivity index (χ2n) is 4.00. The van der Waals surface area contributed by atoms with Crippen molar-refractivity contribution < 1.29 is 9.47 Å². The smallest absolute Gasteiger partial charge is 0.225 e. The van der Waals surface area contributed by atoms with Gasteiger partial charge in [0.15, 0.2) is 0 Å². The van der Waals surface area contributed by atoms with Gasteiger partial charge in [0.1, 0.15) is 12.4 Å². The summed E-state index contributed by atoms with van der Waals surface area (Å²) in [4.78, 5) is 8.01. The van der Waals surface area contributed by atoms with Crippen LogP contribution in [0.5, 0.6) is 5.88 Å². The first kappa shape index (κ1) is 11.9. The number of nitrogen functional groups attached to an aromatic ring is 1. The Hall–Kier alpha value is -1.56. The van der Waals surface area contributed by atoms with Crippen molar-refractivity contribution in [1.82, 2.24) is 9.97 Å². The van der Waals surface area contributed by atoms with Crippen LogP contribution in [-0.4, -0.2) is 36.3 Å². The number of hydrogen-bond donors (Lipinski definition) is 2. The van der Waals surface area contributed by atoms with Crippen LogP contribution in [0.1, 0.15) is 19.3 Å². The van der Waals surface area contributed by atoms with E-state index in [-0.39, 0.29) is 12.1 Å². The maximum atomic E-state index is 5.57. The summed E-state index contributed by atoms with van der Waals surface area (Å²) in [6.07, 6.45) is 3.54. The maximum Gasteiger partial charge on any atom is 0.225 e. The Morgan fingerprint density at radius 1 is 1.53 bits per heavy atom. The van der Waals surface area contributed by atoms with Crippen molar-refractivity contribution in [2.24, 2.45) is 0 Å². The largest absolute Gasteiger partial charge is 0.475 e. The predicted molar refractivity (Wildman–Crippen MR) is 65.1 cm³/mol. The molecule has 3 N–H and O–H groups in total. The second-order valence-corrected chi connectivity index (χ2v) is 4.00. The SMILES string of the molecule is CNc1cc(OCC2CCCCO2)nc(N)n1. The summed E-state index contributed by atoms with van der Waals surface area (Å²) in [5, 5.41) is 2.90. The van der Waals surface area contributed by atoms with Crippen LogP contribution in [0.15, 0.2) is 6.07 Å². The molecule has 1 aromatic rings. The van der Waals surface area contributed by atoms with E-state index in [1.807, 2.05) is 0 Å². The Morgan fingerprint density at radius 3 is 3.12 bits per heavy atom. The van der Waals surface area contributed by atoms with Gasteiger partial charge in [-0.2, -0.15) is 9.97 Å². The third-order valence-corrected chi connectivity index (χ3v) is 2.67. The highest BCUT2D eigenvalue weighted by Crippen LogP contribution is 2.17. The standard InChI is InChI=1S/C11H18N4O2/c1-13-9-6-10(15-11(12)14-9)17-7-8-4-2-3-5-16-8/h6,8H,2-5,7H2,1H3,(H3,12,13,14,15). The molecule has 6 nitrogen and oxygen atoms in total. The summed E-state index contributed by atoms with van der Waals surface area (Å²) in [5.74, 6) is 1.34. The van der Waals surface area contributed by atoms with E-state index in [9.17, 15) is 0 Å². The Morgan fingerprint density at radius 2 is 2.41 bits per heavy atom. The molecule has 0 radical (unpaired) electrons. The van der Waals surface area contributed by atoms with Gasteiger partial charge in [-0.25, -0.2) is 0 Å². The number of nitrogens with one attached hydrogen (secondary N) is 1. The lowest BCUT2D eigenvalue weighted by molar-refractivity contribution is -0.0119. The Bertz CT molecular complexity index is 366. The quantitative estimate of drug-likeness (QED) is 0.815. The molecule has 0 saturated carbocycles. The van der Waals surface area contributed by atoms with E-state index >= 15 is 0 Å². The lowest BCUT2D eigenvalue weighted by atomic mass is 10.1. The van der Waals surface area contributed by atoms with E-state index in [2.05, 4.69) is 15.3 Å². The summed E-state index contributed by atoms with van der Waals surface area (Å²) in [6, 6.07) is 1.72. The van der Waals surface area contributed by atoms with Gasteiger partial charge in [0.25, 0.3) is 0 Å². The normalized spacial score (nSPS) is 19.9. The van der Waals surface area contributed by atoms with E-state index in [0.717, 1.165) is 19.4 Å². The number of nitrogens with two attached hydrogens (primary N) is 1. The zero-order chi connectivity index (χ0) is 12.1. The van der Waals surface area contributed by atoms with Crippen molar-refractivity contribution in [2.75, 3.05) is 31.3 Å². The first-order chi connectivity index (χ1) is 8.28. The number of nitrogens with zero attached hydrogens (tertiary/aromatic N) is 2. The van der Waals surface area contributed by atoms with Crippen molar-refractivity contribution in [3.05, 3.63) is 6.07 Å². The van der Waals surface area contributed by atoms with Crippen molar-refractivity contribution in [3.8, 4) is 5.88 Å². The third kappa shape index (κ3) is 3.45. The minimum absolute atomic E-state index is 0.165. The van der Waals surface area contributed by atoms with E-state index in [4.69, 9.17) is 15.2 Å². The number of ether oxygens (including phenoxy) is 2. The van der Waals surface area contributed by atoms with Gasteiger partial charge in [-0.3, -0.25) is 0 Å². The average Bonchev–Trinajstić information content (AvgIpc) is 2.37. The van der Waals surface area contributed by atoms with Gasteiger partial charge >= 0.3 is 0 Å². The average molecular weight is 238 g/mol. The maximum absolute atomic E-state index is 5.57. The summed E-state index contributed by atoms with van der Waals surface area (Å²) < 4.78 is 11.1. The molecule has 0 spiro atoms. The van der Waals surface area contributed by atoms with Gasteiger partial charge in [0.2, 0.25) is 11.8 Å². The lowest BCUT2D eigenvalue weighted by Crippen LogP contribution is -2.26. The van der Waals surface area contributed by atoms with Gasteiger partial charge in [-0.1, -0.05) is 0 Å². The molecule has 1 saturated heterocycles. The fourth-order valence-corrected chi connectivity index (χ4v) is 1.76. The van der Waals surface area contributed by atoms with Gasteiger partial charge < -0.3 is 20.5 Å². The number of anilines is 2. The molecule has 0 amide bonds. The van der Waals surface area contributed by atoms with Gasteiger partial charge in [-0.05, 0) is 19.3 Å². The van der Waals surface area contributed by atoms with Crippen molar-refractivity contribution in [2.45, 2.75) is 25.4 Å². The van der Waals surface area contributed by atoms with Crippen LogP contribution < -0.4 is 15.8 Å². The topological polar surface area (TPSA) is 82.3 Å². The fraction of sp³-hybridized carbons (Fsp3) is 0.636.